The number of rotatable bonds is 6. The molecule has 1 saturated heterocycles. The van der Waals surface area contributed by atoms with Gasteiger partial charge in [0.05, 0.1) is 7.11 Å². The molecule has 1 fully saturated rings. The third-order valence-corrected chi connectivity index (χ3v) is 4.85. The van der Waals surface area contributed by atoms with E-state index >= 15 is 0 Å². The quantitative estimate of drug-likeness (QED) is 0.273. The summed E-state index contributed by atoms with van der Waals surface area (Å²) < 4.78 is 10.5. The number of anilines is 3. The third-order valence-electron chi connectivity index (χ3n) is 4.85. The number of methoxy groups -OCH3 is 1. The van der Waals surface area contributed by atoms with Crippen molar-refractivity contribution in [1.82, 2.24) is 27.3 Å². The molecule has 0 amide bonds. The van der Waals surface area contributed by atoms with Gasteiger partial charge in [0, 0.05) is 27.7 Å². The average molecular weight is 496 g/mol. The Kier molecular flexibility index (Phi) is 11.0. The van der Waals surface area contributed by atoms with E-state index in [1.165, 1.54) is 25.7 Å². The van der Waals surface area contributed by atoms with Crippen LogP contribution < -0.4 is 32.0 Å². The van der Waals surface area contributed by atoms with E-state index in [0.29, 0.717) is 17.4 Å². The number of benzene rings is 2. The van der Waals surface area contributed by atoms with E-state index in [1.807, 2.05) is 6.07 Å². The number of para-hydroxylation sites is 1. The maximum Gasteiger partial charge on any atom is 0.347 e. The van der Waals surface area contributed by atoms with Crippen molar-refractivity contribution in [3.63, 3.8) is 0 Å². The van der Waals surface area contributed by atoms with Crippen LogP contribution in [0.3, 0.4) is 0 Å². The molecule has 0 atom stereocenters. The van der Waals surface area contributed by atoms with Gasteiger partial charge in [-0.25, -0.2) is 4.79 Å². The molecule has 0 aliphatic carbocycles. The molecule has 0 radical (unpaired) electrons. The Morgan fingerprint density at radius 1 is 1.03 bits per heavy atom. The van der Waals surface area contributed by atoms with E-state index in [-0.39, 0.29) is 50.8 Å². The number of hydrogen-bond acceptors (Lipinski definition) is 11. The molecule has 2 aromatic carbocycles. The van der Waals surface area contributed by atoms with Gasteiger partial charge in [0.25, 0.3) is 0 Å². The first-order valence-corrected chi connectivity index (χ1v) is 10.0. The van der Waals surface area contributed by atoms with Gasteiger partial charge in [0.1, 0.15) is 17.1 Å². The third kappa shape index (κ3) is 6.91. The highest BCUT2D eigenvalue weighted by Gasteiger charge is 2.18. The van der Waals surface area contributed by atoms with Crippen molar-refractivity contribution >= 4 is 36.0 Å². The fourth-order valence-corrected chi connectivity index (χ4v) is 3.29. The molecule has 1 aromatic heterocycles. The highest BCUT2D eigenvalue weighted by molar-refractivity contribution is 5.94. The Hall–Kier alpha value is -3.67. The van der Waals surface area contributed by atoms with Crippen molar-refractivity contribution in [2.24, 2.45) is 0 Å². The molecule has 2 heterocycles. The molecule has 0 unspecified atom stereocenters. The maximum atomic E-state index is 12.4. The summed E-state index contributed by atoms with van der Waals surface area (Å²) in [4.78, 5) is 27.5. The normalized spacial score (nSPS) is 12.3. The predicted molar refractivity (Wildman–Crippen MR) is 137 cm³/mol. The summed E-state index contributed by atoms with van der Waals surface area (Å²) in [5, 5.41) is 13.4. The standard InChI is InChI=1S/C22H23N5O4.ClH.2H3N.2H2/c1-30-22-25-20(24-21(26-22)27-12-6-3-7-13-27)23-15-10-11-17(18(28)14-15)19(29)31-16-8-4-2-5-9-16;;;;;/h2,4-5,8-11,14,28H,3,6-7,12-13H2,1H3,(H,23,24,25,26);1H;2*1H3;2*1H. The van der Waals surface area contributed by atoms with Crippen LogP contribution in [0.15, 0.2) is 48.5 Å². The molecular formula is C22H34ClN7O4. The highest BCUT2D eigenvalue weighted by Crippen LogP contribution is 2.26. The minimum absolute atomic E-state index is 0. The number of aromatic nitrogens is 3. The minimum atomic E-state index is -0.649. The minimum Gasteiger partial charge on any atom is -0.507 e. The van der Waals surface area contributed by atoms with Gasteiger partial charge in [-0.3, -0.25) is 0 Å². The Morgan fingerprint density at radius 3 is 2.38 bits per heavy atom. The molecule has 12 heteroatoms. The molecule has 0 bridgehead atoms. The van der Waals surface area contributed by atoms with Crippen molar-refractivity contribution in [2.45, 2.75) is 19.3 Å². The van der Waals surface area contributed by atoms with Gasteiger partial charge in [-0.1, -0.05) is 18.2 Å². The van der Waals surface area contributed by atoms with E-state index in [9.17, 15) is 9.90 Å². The zero-order valence-electron chi connectivity index (χ0n) is 18.9. The molecule has 1 aliphatic rings. The number of nitrogens with one attached hydrogen (secondary N) is 1. The van der Waals surface area contributed by atoms with Crippen LogP contribution in [-0.2, 0) is 0 Å². The van der Waals surface area contributed by atoms with Gasteiger partial charge in [0.15, 0.2) is 0 Å². The molecule has 1 aliphatic heterocycles. The largest absolute Gasteiger partial charge is 0.507 e. The number of nitrogens with zero attached hydrogens (tertiary/aromatic N) is 4. The second-order valence-corrected chi connectivity index (χ2v) is 7.05. The smallest absolute Gasteiger partial charge is 0.347 e. The fourth-order valence-electron chi connectivity index (χ4n) is 3.29. The van der Waals surface area contributed by atoms with Crippen LogP contribution >= 0.6 is 12.4 Å². The Labute approximate surface area is 207 Å². The number of carbonyl (C=O) groups excluding carboxylic acids is 1. The van der Waals surface area contributed by atoms with Crippen LogP contribution in [-0.4, -0.2) is 46.2 Å². The number of aromatic hydroxyl groups is 1. The first kappa shape index (κ1) is 28.4. The highest BCUT2D eigenvalue weighted by atomic mass is 35.5. The second kappa shape index (κ2) is 13.1. The summed E-state index contributed by atoms with van der Waals surface area (Å²) >= 11 is 0. The lowest BCUT2D eigenvalue weighted by atomic mass is 10.1. The summed E-state index contributed by atoms with van der Waals surface area (Å²) in [7, 11) is 1.50. The lowest BCUT2D eigenvalue weighted by Crippen LogP contribution is -2.31. The van der Waals surface area contributed by atoms with Crippen LogP contribution in [0.1, 0.15) is 32.5 Å². The Morgan fingerprint density at radius 2 is 1.74 bits per heavy atom. The Bertz CT molecular complexity index is 1080. The van der Waals surface area contributed by atoms with Crippen LogP contribution in [0.4, 0.5) is 17.6 Å². The number of hydrogen-bond donors (Lipinski definition) is 4. The van der Waals surface area contributed by atoms with Gasteiger partial charge in [-0.2, -0.15) is 15.0 Å². The molecule has 8 N–H and O–H groups in total. The van der Waals surface area contributed by atoms with Gasteiger partial charge in [0.2, 0.25) is 11.9 Å². The lowest BCUT2D eigenvalue weighted by Gasteiger charge is -2.26. The number of phenols is 1. The number of phenolic OH excluding ortho intramolecular Hbond substituents is 1. The molecule has 0 saturated carbocycles. The zero-order valence-corrected chi connectivity index (χ0v) is 19.8. The molecular weight excluding hydrogens is 462 g/mol. The van der Waals surface area contributed by atoms with Gasteiger partial charge in [-0.15, -0.1) is 12.4 Å². The van der Waals surface area contributed by atoms with Crippen LogP contribution in [0.25, 0.3) is 0 Å². The van der Waals surface area contributed by atoms with E-state index in [0.717, 1.165) is 25.9 Å². The second-order valence-electron chi connectivity index (χ2n) is 7.05. The van der Waals surface area contributed by atoms with Gasteiger partial charge < -0.3 is 37.1 Å². The van der Waals surface area contributed by atoms with Crippen molar-refractivity contribution in [2.75, 3.05) is 30.4 Å². The van der Waals surface area contributed by atoms with Gasteiger partial charge >= 0.3 is 12.0 Å². The topological polar surface area (TPSA) is 180 Å². The molecule has 11 nitrogen and oxygen atoms in total. The number of ether oxygens (including phenoxy) is 2. The molecule has 3 aromatic rings. The van der Waals surface area contributed by atoms with Crippen molar-refractivity contribution < 1.29 is 22.2 Å². The molecule has 0 spiro atoms. The van der Waals surface area contributed by atoms with Crippen LogP contribution in [0, 0.1) is 0 Å². The summed E-state index contributed by atoms with van der Waals surface area (Å²) in [6.45, 7) is 1.76. The molecule has 188 valence electrons. The number of carbonyl (C=O) groups is 1. The van der Waals surface area contributed by atoms with E-state index < -0.39 is 5.97 Å². The first-order valence-electron chi connectivity index (χ1n) is 10.0. The number of esters is 1. The van der Waals surface area contributed by atoms with Crippen LogP contribution in [0.5, 0.6) is 17.5 Å². The SMILES string of the molecule is COc1nc(Nc2ccc(C(=O)Oc3ccccc3)c(O)c2)nc(N2CCCCC2)n1.Cl.N.N.[HH].[HH]. The van der Waals surface area contributed by atoms with Crippen molar-refractivity contribution in [3.05, 3.63) is 54.1 Å². The summed E-state index contributed by atoms with van der Waals surface area (Å²) in [6, 6.07) is 13.4. The van der Waals surface area contributed by atoms with E-state index in [1.54, 1.807) is 30.3 Å². The number of halogens is 1. The lowest BCUT2D eigenvalue weighted by molar-refractivity contribution is 0.0731. The van der Waals surface area contributed by atoms with Crippen LogP contribution in [0.2, 0.25) is 0 Å². The van der Waals surface area contributed by atoms with Crippen molar-refractivity contribution in [1.29, 1.82) is 0 Å². The van der Waals surface area contributed by atoms with E-state index in [2.05, 4.69) is 25.2 Å². The fraction of sp³-hybridized carbons (Fsp3) is 0.273. The molecule has 4 rings (SSSR count). The Balaban J connectivity index is 0. The first-order chi connectivity index (χ1) is 15.1. The van der Waals surface area contributed by atoms with E-state index in [4.69, 9.17) is 9.47 Å². The average Bonchev–Trinajstić information content (AvgIpc) is 2.80. The monoisotopic (exact) mass is 495 g/mol. The summed E-state index contributed by atoms with van der Waals surface area (Å²) in [5.74, 6) is 0.358. The predicted octanol–water partition coefficient (Wildman–Crippen LogP) is 4.78. The molecule has 34 heavy (non-hydrogen) atoms. The zero-order chi connectivity index (χ0) is 21.6. The number of piperidine rings is 1. The summed E-state index contributed by atoms with van der Waals surface area (Å²) in [6.07, 6.45) is 3.37. The summed E-state index contributed by atoms with van der Waals surface area (Å²) in [5.41, 5.74) is 0.559. The maximum absolute atomic E-state index is 12.4. The van der Waals surface area contributed by atoms with Crippen molar-refractivity contribution in [3.8, 4) is 17.5 Å². The van der Waals surface area contributed by atoms with Gasteiger partial charge in [-0.05, 0) is 43.5 Å².